The average Bonchev–Trinajstić information content (AvgIpc) is 3.04. The predicted octanol–water partition coefficient (Wildman–Crippen LogP) is 4.97. The van der Waals surface area contributed by atoms with Crippen molar-refractivity contribution in [3.63, 3.8) is 0 Å². The van der Waals surface area contributed by atoms with Gasteiger partial charge in [-0.05, 0) is 30.7 Å². The number of carbonyl (C=O) groups is 1. The Morgan fingerprint density at radius 2 is 1.81 bits per heavy atom. The maximum Gasteiger partial charge on any atom is 0.231 e. The SMILES string of the molecule is CC(=O)Nc1ccc(-c2nc3cc4c(cc3c(C)c2Cl)OCO4)cc1.Cl. The molecule has 1 aliphatic rings. The van der Waals surface area contributed by atoms with Crippen molar-refractivity contribution in [2.45, 2.75) is 13.8 Å². The molecule has 0 radical (unpaired) electrons. The Bertz CT molecular complexity index is 1000. The highest BCUT2D eigenvalue weighted by Gasteiger charge is 2.19. The molecule has 0 bridgehead atoms. The monoisotopic (exact) mass is 390 g/mol. The van der Waals surface area contributed by atoms with Crippen molar-refractivity contribution < 1.29 is 14.3 Å². The number of fused-ring (bicyclic) bond motifs is 2. The van der Waals surface area contributed by atoms with Crippen molar-refractivity contribution in [2.75, 3.05) is 12.1 Å². The first-order valence-corrected chi connectivity index (χ1v) is 8.18. The number of rotatable bonds is 2. The number of hydrogen-bond donors (Lipinski definition) is 1. The Morgan fingerprint density at radius 3 is 2.46 bits per heavy atom. The highest BCUT2D eigenvalue weighted by Crippen LogP contribution is 2.40. The van der Waals surface area contributed by atoms with Crippen LogP contribution in [0.25, 0.3) is 22.2 Å². The third kappa shape index (κ3) is 3.16. The number of pyridine rings is 1. The number of aromatic nitrogens is 1. The third-order valence-electron chi connectivity index (χ3n) is 4.14. The summed E-state index contributed by atoms with van der Waals surface area (Å²) in [5.74, 6) is 1.29. The molecule has 1 aromatic heterocycles. The summed E-state index contributed by atoms with van der Waals surface area (Å²) in [5, 5.41) is 4.28. The zero-order valence-electron chi connectivity index (χ0n) is 14.1. The van der Waals surface area contributed by atoms with Gasteiger partial charge in [0.25, 0.3) is 0 Å². The second-order valence-corrected chi connectivity index (χ2v) is 6.26. The van der Waals surface area contributed by atoms with E-state index in [0.29, 0.717) is 22.2 Å². The number of halogens is 2. The molecule has 2 heterocycles. The second-order valence-electron chi connectivity index (χ2n) is 5.88. The molecule has 0 aliphatic carbocycles. The van der Waals surface area contributed by atoms with Gasteiger partial charge < -0.3 is 14.8 Å². The summed E-state index contributed by atoms with van der Waals surface area (Å²) in [7, 11) is 0. The zero-order valence-corrected chi connectivity index (χ0v) is 15.7. The molecule has 7 heteroatoms. The lowest BCUT2D eigenvalue weighted by Gasteiger charge is -2.11. The number of nitrogens with zero attached hydrogens (tertiary/aromatic N) is 1. The van der Waals surface area contributed by atoms with E-state index in [4.69, 9.17) is 26.1 Å². The van der Waals surface area contributed by atoms with Crippen molar-refractivity contribution in [3.05, 3.63) is 47.0 Å². The summed E-state index contributed by atoms with van der Waals surface area (Å²) in [6.45, 7) is 3.66. The minimum atomic E-state index is -0.110. The standard InChI is InChI=1S/C19H15ClN2O3.ClH/c1-10-14-7-16-17(25-9-24-16)8-15(14)22-19(18(10)20)12-3-5-13(6-4-12)21-11(2)23;/h3-8H,9H2,1-2H3,(H,21,23);1H. The molecule has 3 aromatic rings. The van der Waals surface area contributed by atoms with Crippen molar-refractivity contribution >= 4 is 46.5 Å². The van der Waals surface area contributed by atoms with Crippen LogP contribution in [0.4, 0.5) is 5.69 Å². The average molecular weight is 391 g/mol. The topological polar surface area (TPSA) is 60.5 Å². The van der Waals surface area contributed by atoms with Gasteiger partial charge in [-0.2, -0.15) is 0 Å². The van der Waals surface area contributed by atoms with Gasteiger partial charge in [0.1, 0.15) is 0 Å². The quantitative estimate of drug-likeness (QED) is 0.670. The number of carbonyl (C=O) groups excluding carboxylic acids is 1. The van der Waals surface area contributed by atoms with Gasteiger partial charge in [-0.25, -0.2) is 4.98 Å². The molecular formula is C19H16Cl2N2O3. The number of hydrogen-bond acceptors (Lipinski definition) is 4. The van der Waals surface area contributed by atoms with Gasteiger partial charge in [0.15, 0.2) is 11.5 Å². The molecular weight excluding hydrogens is 375 g/mol. The van der Waals surface area contributed by atoms with Crippen molar-refractivity contribution in [3.8, 4) is 22.8 Å². The number of amides is 1. The minimum Gasteiger partial charge on any atom is -0.454 e. The van der Waals surface area contributed by atoms with E-state index in [9.17, 15) is 4.79 Å². The number of benzene rings is 2. The molecule has 1 aliphatic heterocycles. The van der Waals surface area contributed by atoms with E-state index in [1.165, 1.54) is 6.92 Å². The van der Waals surface area contributed by atoms with Crippen LogP contribution in [0.2, 0.25) is 5.02 Å². The lowest BCUT2D eigenvalue weighted by Crippen LogP contribution is -2.05. The van der Waals surface area contributed by atoms with Crippen LogP contribution in [0.1, 0.15) is 12.5 Å². The van der Waals surface area contributed by atoms with Gasteiger partial charge in [0, 0.05) is 29.6 Å². The van der Waals surface area contributed by atoms with Crippen LogP contribution in [0.5, 0.6) is 11.5 Å². The van der Waals surface area contributed by atoms with Gasteiger partial charge in [-0.3, -0.25) is 4.79 Å². The van der Waals surface area contributed by atoms with Gasteiger partial charge in [0.2, 0.25) is 12.7 Å². The molecule has 0 fully saturated rings. The number of anilines is 1. The van der Waals surface area contributed by atoms with Crippen LogP contribution < -0.4 is 14.8 Å². The summed E-state index contributed by atoms with van der Waals surface area (Å²) in [6.07, 6.45) is 0. The first-order valence-electron chi connectivity index (χ1n) is 7.80. The highest BCUT2D eigenvalue weighted by atomic mass is 35.5. The molecule has 26 heavy (non-hydrogen) atoms. The van der Waals surface area contributed by atoms with Crippen molar-refractivity contribution in [1.82, 2.24) is 4.98 Å². The first-order chi connectivity index (χ1) is 12.0. The van der Waals surface area contributed by atoms with Crippen LogP contribution in [0.3, 0.4) is 0 Å². The van der Waals surface area contributed by atoms with Crippen LogP contribution in [0.15, 0.2) is 36.4 Å². The fourth-order valence-corrected chi connectivity index (χ4v) is 3.15. The smallest absolute Gasteiger partial charge is 0.231 e. The van der Waals surface area contributed by atoms with Crippen LogP contribution >= 0.6 is 24.0 Å². The second kappa shape index (κ2) is 7.02. The summed E-state index contributed by atoms with van der Waals surface area (Å²) in [6, 6.07) is 11.2. The number of nitrogens with one attached hydrogen (secondary N) is 1. The van der Waals surface area contributed by atoms with Gasteiger partial charge >= 0.3 is 0 Å². The molecule has 0 saturated heterocycles. The summed E-state index contributed by atoms with van der Waals surface area (Å²) < 4.78 is 10.9. The Labute approximate surface area is 161 Å². The maximum absolute atomic E-state index is 11.1. The molecule has 0 spiro atoms. The molecule has 0 saturated carbocycles. The van der Waals surface area contributed by atoms with Crippen molar-refractivity contribution in [2.24, 2.45) is 0 Å². The van der Waals surface area contributed by atoms with E-state index in [1.807, 2.05) is 43.3 Å². The Hall–Kier alpha value is -2.50. The summed E-state index contributed by atoms with van der Waals surface area (Å²) >= 11 is 6.58. The maximum atomic E-state index is 11.1. The first kappa shape index (κ1) is 18.3. The highest BCUT2D eigenvalue weighted by molar-refractivity contribution is 6.34. The van der Waals surface area contributed by atoms with E-state index < -0.39 is 0 Å². The predicted molar refractivity (Wildman–Crippen MR) is 105 cm³/mol. The fraction of sp³-hybridized carbons (Fsp3) is 0.158. The van der Waals surface area contributed by atoms with Crippen LogP contribution in [-0.4, -0.2) is 17.7 Å². The Kier molecular flexibility index (Phi) is 4.94. The van der Waals surface area contributed by atoms with Crippen molar-refractivity contribution in [1.29, 1.82) is 0 Å². The number of ether oxygens (including phenoxy) is 2. The lowest BCUT2D eigenvalue weighted by molar-refractivity contribution is -0.114. The Balaban J connectivity index is 0.00000196. The van der Waals surface area contributed by atoms with Crippen LogP contribution in [0, 0.1) is 6.92 Å². The largest absolute Gasteiger partial charge is 0.454 e. The van der Waals surface area contributed by atoms with Gasteiger partial charge in [0.05, 0.1) is 16.2 Å². The number of aryl methyl sites for hydroxylation is 1. The van der Waals surface area contributed by atoms with Gasteiger partial charge in [-0.1, -0.05) is 23.7 Å². The zero-order chi connectivity index (χ0) is 17.6. The molecule has 2 aromatic carbocycles. The fourth-order valence-electron chi connectivity index (χ4n) is 2.90. The summed E-state index contributed by atoms with van der Waals surface area (Å²) in [4.78, 5) is 15.9. The molecule has 0 atom stereocenters. The molecule has 1 N–H and O–H groups in total. The van der Waals surface area contributed by atoms with E-state index in [2.05, 4.69) is 5.32 Å². The van der Waals surface area contributed by atoms with E-state index in [0.717, 1.165) is 27.7 Å². The van der Waals surface area contributed by atoms with E-state index in [1.54, 1.807) is 0 Å². The third-order valence-corrected chi connectivity index (χ3v) is 4.61. The van der Waals surface area contributed by atoms with Crippen LogP contribution in [-0.2, 0) is 4.79 Å². The van der Waals surface area contributed by atoms with Gasteiger partial charge in [-0.15, -0.1) is 12.4 Å². The minimum absolute atomic E-state index is 0. The molecule has 0 unspecified atom stereocenters. The van der Waals surface area contributed by atoms with E-state index >= 15 is 0 Å². The van der Waals surface area contributed by atoms with E-state index in [-0.39, 0.29) is 25.1 Å². The molecule has 4 rings (SSSR count). The summed E-state index contributed by atoms with van der Waals surface area (Å²) in [5.41, 5.74) is 4.04. The Morgan fingerprint density at radius 1 is 1.15 bits per heavy atom. The lowest BCUT2D eigenvalue weighted by atomic mass is 10.0. The normalized spacial score (nSPS) is 12.0. The molecule has 134 valence electrons. The molecule has 5 nitrogen and oxygen atoms in total. The molecule has 1 amide bonds.